The lowest BCUT2D eigenvalue weighted by Crippen LogP contribution is -2.44. The average Bonchev–Trinajstić information content (AvgIpc) is 2.89. The molecule has 1 atom stereocenters. The number of urea groups is 1. The second-order valence-corrected chi connectivity index (χ2v) is 6.07. The molecule has 7 heteroatoms. The number of hydrogen-bond donors (Lipinski definition) is 2. The Morgan fingerprint density at radius 1 is 1.38 bits per heavy atom. The zero-order valence-electron chi connectivity index (χ0n) is 11.3. The first-order valence-corrected chi connectivity index (χ1v) is 7.59. The smallest absolute Gasteiger partial charge is 0.323 e. The summed E-state index contributed by atoms with van der Waals surface area (Å²) in [5, 5.41) is 12.4. The number of anilines is 1. The largest absolute Gasteiger partial charge is 0.481 e. The van der Waals surface area contributed by atoms with Gasteiger partial charge in [-0.1, -0.05) is 23.5 Å². The van der Waals surface area contributed by atoms with Crippen molar-refractivity contribution in [3.63, 3.8) is 0 Å². The van der Waals surface area contributed by atoms with Crippen LogP contribution in [0.15, 0.2) is 24.3 Å². The van der Waals surface area contributed by atoms with Gasteiger partial charge in [0.15, 0.2) is 5.13 Å². The van der Waals surface area contributed by atoms with E-state index in [1.54, 1.807) is 4.90 Å². The second-order valence-electron chi connectivity index (χ2n) is 5.04. The van der Waals surface area contributed by atoms with Crippen LogP contribution in [-0.4, -0.2) is 40.1 Å². The third-order valence-corrected chi connectivity index (χ3v) is 4.52. The number of carbonyl (C=O) groups is 2. The molecular formula is C14H15N3O3S. The number of carbonyl (C=O) groups excluding carboxylic acids is 1. The van der Waals surface area contributed by atoms with E-state index in [1.807, 2.05) is 24.3 Å². The first-order chi connectivity index (χ1) is 10.1. The van der Waals surface area contributed by atoms with E-state index in [2.05, 4.69) is 10.3 Å². The van der Waals surface area contributed by atoms with E-state index in [0.29, 0.717) is 24.5 Å². The van der Waals surface area contributed by atoms with Crippen molar-refractivity contribution < 1.29 is 14.7 Å². The molecule has 0 bridgehead atoms. The van der Waals surface area contributed by atoms with Gasteiger partial charge in [-0.15, -0.1) is 0 Å². The normalized spacial score (nSPS) is 18.7. The summed E-state index contributed by atoms with van der Waals surface area (Å²) in [6.07, 6.45) is 1.34. The molecule has 2 heterocycles. The number of rotatable bonds is 2. The SMILES string of the molecule is O=C(O)[C@H]1CCCN(C(=O)Nc2nc3ccccc3s2)C1. The third kappa shape index (κ3) is 2.97. The fourth-order valence-electron chi connectivity index (χ4n) is 2.46. The molecule has 0 spiro atoms. The van der Waals surface area contributed by atoms with E-state index in [0.717, 1.165) is 10.2 Å². The Hall–Kier alpha value is -2.15. The van der Waals surface area contributed by atoms with Crippen LogP contribution in [0.25, 0.3) is 10.2 Å². The molecule has 1 aliphatic rings. The molecule has 2 amide bonds. The highest BCUT2D eigenvalue weighted by Gasteiger charge is 2.28. The van der Waals surface area contributed by atoms with E-state index in [9.17, 15) is 9.59 Å². The fourth-order valence-corrected chi connectivity index (χ4v) is 3.31. The van der Waals surface area contributed by atoms with Crippen molar-refractivity contribution in [2.24, 2.45) is 5.92 Å². The molecule has 1 saturated heterocycles. The molecule has 2 aromatic rings. The molecule has 6 nitrogen and oxygen atoms in total. The number of nitrogens with zero attached hydrogens (tertiary/aromatic N) is 2. The number of carboxylic acid groups (broad SMARTS) is 1. The highest BCUT2D eigenvalue weighted by atomic mass is 32.1. The van der Waals surface area contributed by atoms with Gasteiger partial charge in [-0.3, -0.25) is 10.1 Å². The Balaban J connectivity index is 1.69. The number of hydrogen-bond acceptors (Lipinski definition) is 4. The summed E-state index contributed by atoms with van der Waals surface area (Å²) < 4.78 is 1.01. The van der Waals surface area contributed by atoms with E-state index in [-0.39, 0.29) is 12.6 Å². The van der Waals surface area contributed by atoms with Crippen LogP contribution in [0.2, 0.25) is 0 Å². The molecule has 0 unspecified atom stereocenters. The highest BCUT2D eigenvalue weighted by molar-refractivity contribution is 7.22. The standard InChI is InChI=1S/C14H15N3O3S/c18-12(19)9-4-3-7-17(8-9)14(20)16-13-15-10-5-1-2-6-11(10)21-13/h1-2,5-6,9H,3-4,7-8H2,(H,18,19)(H,15,16,20)/t9-/m0/s1. The van der Waals surface area contributed by atoms with Crippen LogP contribution in [0.1, 0.15) is 12.8 Å². The fraction of sp³-hybridized carbons (Fsp3) is 0.357. The Kier molecular flexibility index (Phi) is 3.74. The molecule has 1 aromatic carbocycles. The number of nitrogens with one attached hydrogen (secondary N) is 1. The van der Waals surface area contributed by atoms with Crippen molar-refractivity contribution >= 4 is 38.7 Å². The third-order valence-electron chi connectivity index (χ3n) is 3.57. The quantitative estimate of drug-likeness (QED) is 0.893. The lowest BCUT2D eigenvalue weighted by Gasteiger charge is -2.30. The van der Waals surface area contributed by atoms with Crippen molar-refractivity contribution in [2.75, 3.05) is 18.4 Å². The number of likely N-dealkylation sites (tertiary alicyclic amines) is 1. The van der Waals surface area contributed by atoms with Gasteiger partial charge in [0.1, 0.15) is 0 Å². The van der Waals surface area contributed by atoms with Crippen LogP contribution in [0.5, 0.6) is 0 Å². The molecule has 2 N–H and O–H groups in total. The van der Waals surface area contributed by atoms with Crippen molar-refractivity contribution in [3.05, 3.63) is 24.3 Å². The molecule has 110 valence electrons. The van der Waals surface area contributed by atoms with Crippen LogP contribution < -0.4 is 5.32 Å². The van der Waals surface area contributed by atoms with Crippen LogP contribution in [0.4, 0.5) is 9.93 Å². The Bertz CT molecular complexity index is 652. The number of amides is 2. The first-order valence-electron chi connectivity index (χ1n) is 6.78. The maximum atomic E-state index is 12.2. The average molecular weight is 305 g/mol. The lowest BCUT2D eigenvalue weighted by molar-refractivity contribution is -0.143. The molecule has 1 fully saturated rings. The topological polar surface area (TPSA) is 82.5 Å². The van der Waals surface area contributed by atoms with Crippen LogP contribution in [0, 0.1) is 5.92 Å². The number of fused-ring (bicyclic) bond motifs is 1. The maximum absolute atomic E-state index is 12.2. The molecule has 0 aliphatic carbocycles. The minimum atomic E-state index is -0.840. The number of aliphatic carboxylic acids is 1. The maximum Gasteiger partial charge on any atom is 0.323 e. The van der Waals surface area contributed by atoms with E-state index in [4.69, 9.17) is 5.11 Å². The monoisotopic (exact) mass is 305 g/mol. The number of benzene rings is 1. The van der Waals surface area contributed by atoms with Crippen molar-refractivity contribution in [3.8, 4) is 0 Å². The Morgan fingerprint density at radius 3 is 2.95 bits per heavy atom. The summed E-state index contributed by atoms with van der Waals surface area (Å²) in [6.45, 7) is 0.840. The predicted octanol–water partition coefficient (Wildman–Crippen LogP) is 2.62. The van der Waals surface area contributed by atoms with Crippen LogP contribution in [0.3, 0.4) is 0 Å². The van der Waals surface area contributed by atoms with Gasteiger partial charge in [0.25, 0.3) is 0 Å². The Morgan fingerprint density at radius 2 is 2.19 bits per heavy atom. The molecular weight excluding hydrogens is 290 g/mol. The van der Waals surface area contributed by atoms with Crippen molar-refractivity contribution in [2.45, 2.75) is 12.8 Å². The summed E-state index contributed by atoms with van der Waals surface area (Å²) in [5.74, 6) is -1.31. The van der Waals surface area contributed by atoms with Gasteiger partial charge in [0.05, 0.1) is 16.1 Å². The summed E-state index contributed by atoms with van der Waals surface area (Å²) in [5.41, 5.74) is 0.847. The summed E-state index contributed by atoms with van der Waals surface area (Å²) in [4.78, 5) is 29.1. The molecule has 0 saturated carbocycles. The van der Waals surface area contributed by atoms with Gasteiger partial charge in [-0.25, -0.2) is 9.78 Å². The van der Waals surface area contributed by atoms with E-state index in [1.165, 1.54) is 11.3 Å². The van der Waals surface area contributed by atoms with Gasteiger partial charge < -0.3 is 10.0 Å². The van der Waals surface area contributed by atoms with Crippen molar-refractivity contribution in [1.82, 2.24) is 9.88 Å². The molecule has 21 heavy (non-hydrogen) atoms. The number of piperidine rings is 1. The highest BCUT2D eigenvalue weighted by Crippen LogP contribution is 2.26. The van der Waals surface area contributed by atoms with Crippen LogP contribution >= 0.6 is 11.3 Å². The first kappa shape index (κ1) is 13.8. The summed E-state index contributed by atoms with van der Waals surface area (Å²) >= 11 is 1.41. The summed E-state index contributed by atoms with van der Waals surface area (Å²) in [6, 6.07) is 7.39. The molecule has 1 aliphatic heterocycles. The van der Waals surface area contributed by atoms with Gasteiger partial charge in [0, 0.05) is 13.1 Å². The molecule has 3 rings (SSSR count). The number of para-hydroxylation sites is 1. The minimum Gasteiger partial charge on any atom is -0.481 e. The van der Waals surface area contributed by atoms with Crippen LogP contribution in [-0.2, 0) is 4.79 Å². The van der Waals surface area contributed by atoms with E-state index < -0.39 is 11.9 Å². The lowest BCUT2D eigenvalue weighted by atomic mass is 9.99. The summed E-state index contributed by atoms with van der Waals surface area (Å²) in [7, 11) is 0. The van der Waals surface area contributed by atoms with E-state index >= 15 is 0 Å². The van der Waals surface area contributed by atoms with Gasteiger partial charge in [0.2, 0.25) is 0 Å². The zero-order chi connectivity index (χ0) is 14.8. The number of carboxylic acids is 1. The molecule has 0 radical (unpaired) electrons. The zero-order valence-corrected chi connectivity index (χ0v) is 12.1. The second kappa shape index (κ2) is 5.69. The minimum absolute atomic E-state index is 0.256. The predicted molar refractivity (Wildman–Crippen MR) is 80.6 cm³/mol. The molecule has 1 aromatic heterocycles. The van der Waals surface area contributed by atoms with Gasteiger partial charge in [-0.05, 0) is 25.0 Å². The Labute approximate surface area is 125 Å². The van der Waals surface area contributed by atoms with Crippen molar-refractivity contribution in [1.29, 1.82) is 0 Å². The number of thiazole rings is 1. The number of aromatic nitrogens is 1. The van der Waals surface area contributed by atoms with Gasteiger partial charge >= 0.3 is 12.0 Å². The van der Waals surface area contributed by atoms with Gasteiger partial charge in [-0.2, -0.15) is 0 Å².